The largest absolute Gasteiger partial charge is 0.336 e. The zero-order valence-corrected chi connectivity index (χ0v) is 8.76. The number of halogens is 1. The molecule has 6 heteroatoms. The van der Waals surface area contributed by atoms with Crippen molar-refractivity contribution in [1.29, 1.82) is 0 Å². The van der Waals surface area contributed by atoms with E-state index >= 15 is 0 Å². The molecule has 16 heavy (non-hydrogen) atoms. The lowest BCUT2D eigenvalue weighted by Crippen LogP contribution is -2.31. The first-order valence-corrected chi connectivity index (χ1v) is 4.77. The summed E-state index contributed by atoms with van der Waals surface area (Å²) in [4.78, 5) is 8.15. The van der Waals surface area contributed by atoms with E-state index in [0.29, 0.717) is 5.69 Å². The zero-order valence-electron chi connectivity index (χ0n) is 8.76. The lowest BCUT2D eigenvalue weighted by atomic mass is 10.2. The van der Waals surface area contributed by atoms with Crippen molar-refractivity contribution in [1.82, 2.24) is 20.0 Å². The fourth-order valence-corrected chi connectivity index (χ4v) is 1.51. The molecule has 0 saturated carbocycles. The lowest BCUT2D eigenvalue weighted by molar-refractivity contribution is 0.560. The topological polar surface area (TPSA) is 68.8 Å². The van der Waals surface area contributed by atoms with Crippen LogP contribution >= 0.6 is 0 Å². The molecule has 0 bridgehead atoms. The molecule has 2 aromatic rings. The molecule has 5 nitrogen and oxygen atoms in total. The van der Waals surface area contributed by atoms with Crippen LogP contribution in [0.15, 0.2) is 30.7 Å². The standard InChI is InChI=1S/C10H12FN5/c1-16-5-4-13-10(16)9(15-12)8-3-2-7(11)6-14-8/h2-6,9,15H,12H2,1H3. The van der Waals surface area contributed by atoms with Gasteiger partial charge in [0.15, 0.2) is 0 Å². The van der Waals surface area contributed by atoms with Crippen LogP contribution in [0.2, 0.25) is 0 Å². The van der Waals surface area contributed by atoms with E-state index in [1.807, 2.05) is 17.8 Å². The molecule has 2 rings (SSSR count). The Morgan fingerprint density at radius 1 is 1.44 bits per heavy atom. The molecule has 0 radical (unpaired) electrons. The van der Waals surface area contributed by atoms with Gasteiger partial charge in [0, 0.05) is 19.4 Å². The number of pyridine rings is 1. The minimum atomic E-state index is -0.376. The van der Waals surface area contributed by atoms with Crippen molar-refractivity contribution in [3.8, 4) is 0 Å². The molecule has 2 heterocycles. The van der Waals surface area contributed by atoms with Gasteiger partial charge in [0.2, 0.25) is 0 Å². The van der Waals surface area contributed by atoms with Crippen LogP contribution in [-0.2, 0) is 7.05 Å². The highest BCUT2D eigenvalue weighted by molar-refractivity contribution is 5.18. The number of nitrogens with two attached hydrogens (primary N) is 1. The summed E-state index contributed by atoms with van der Waals surface area (Å²) in [5.74, 6) is 5.81. The van der Waals surface area contributed by atoms with Gasteiger partial charge in [-0.05, 0) is 12.1 Å². The maximum Gasteiger partial charge on any atom is 0.141 e. The summed E-state index contributed by atoms with van der Waals surface area (Å²) in [5, 5.41) is 0. The minimum absolute atomic E-state index is 0.347. The average Bonchev–Trinajstić information content (AvgIpc) is 2.69. The maximum absolute atomic E-state index is 12.7. The highest BCUT2D eigenvalue weighted by atomic mass is 19.1. The number of hydrogen-bond acceptors (Lipinski definition) is 4. The van der Waals surface area contributed by atoms with Gasteiger partial charge in [-0.3, -0.25) is 10.8 Å². The number of imidazole rings is 1. The Kier molecular flexibility index (Phi) is 2.93. The molecule has 0 spiro atoms. The third kappa shape index (κ3) is 1.93. The molecule has 1 unspecified atom stereocenters. The third-order valence-corrected chi connectivity index (χ3v) is 2.33. The van der Waals surface area contributed by atoms with Gasteiger partial charge in [0.05, 0.1) is 11.9 Å². The summed E-state index contributed by atoms with van der Waals surface area (Å²) in [6.45, 7) is 0. The highest BCUT2D eigenvalue weighted by Crippen LogP contribution is 2.17. The quantitative estimate of drug-likeness (QED) is 0.585. The third-order valence-electron chi connectivity index (χ3n) is 2.33. The Morgan fingerprint density at radius 2 is 2.25 bits per heavy atom. The number of hydrazine groups is 1. The van der Waals surface area contributed by atoms with Crippen LogP contribution < -0.4 is 11.3 Å². The van der Waals surface area contributed by atoms with E-state index in [1.54, 1.807) is 12.3 Å². The van der Waals surface area contributed by atoms with Crippen molar-refractivity contribution in [2.24, 2.45) is 12.9 Å². The predicted molar refractivity (Wildman–Crippen MR) is 56.6 cm³/mol. The summed E-state index contributed by atoms with van der Waals surface area (Å²) in [6, 6.07) is 2.57. The molecule has 0 aliphatic carbocycles. The Labute approximate surface area is 92.1 Å². The van der Waals surface area contributed by atoms with Crippen LogP contribution in [0.1, 0.15) is 17.6 Å². The van der Waals surface area contributed by atoms with Gasteiger partial charge < -0.3 is 4.57 Å². The number of rotatable bonds is 3. The van der Waals surface area contributed by atoms with Crippen molar-refractivity contribution in [3.05, 3.63) is 48.1 Å². The van der Waals surface area contributed by atoms with E-state index < -0.39 is 0 Å². The smallest absolute Gasteiger partial charge is 0.141 e. The Morgan fingerprint density at radius 3 is 2.75 bits per heavy atom. The normalized spacial score (nSPS) is 12.7. The number of hydrogen-bond donors (Lipinski definition) is 2. The van der Waals surface area contributed by atoms with E-state index in [1.165, 1.54) is 6.07 Å². The summed E-state index contributed by atoms with van der Waals surface area (Å²) in [5.41, 5.74) is 3.24. The van der Waals surface area contributed by atoms with E-state index in [9.17, 15) is 4.39 Å². The SMILES string of the molecule is Cn1ccnc1C(NN)c1ccc(F)cn1. The van der Waals surface area contributed by atoms with E-state index in [-0.39, 0.29) is 11.9 Å². The van der Waals surface area contributed by atoms with E-state index in [4.69, 9.17) is 5.84 Å². The molecule has 2 aromatic heterocycles. The van der Waals surface area contributed by atoms with Gasteiger partial charge in [0.25, 0.3) is 0 Å². The molecular weight excluding hydrogens is 209 g/mol. The van der Waals surface area contributed by atoms with Crippen molar-refractivity contribution >= 4 is 0 Å². The summed E-state index contributed by atoms with van der Waals surface area (Å²) < 4.78 is 14.6. The number of aryl methyl sites for hydroxylation is 1. The molecule has 0 aliphatic rings. The first-order valence-electron chi connectivity index (χ1n) is 4.77. The summed E-state index contributed by atoms with van der Waals surface area (Å²) in [6.07, 6.45) is 4.63. The van der Waals surface area contributed by atoms with Crippen molar-refractivity contribution in [2.45, 2.75) is 6.04 Å². The monoisotopic (exact) mass is 221 g/mol. The number of nitrogens with zero attached hydrogens (tertiary/aromatic N) is 3. The first kappa shape index (κ1) is 10.7. The van der Waals surface area contributed by atoms with Gasteiger partial charge in [-0.2, -0.15) is 0 Å². The van der Waals surface area contributed by atoms with Crippen LogP contribution in [0.3, 0.4) is 0 Å². The van der Waals surface area contributed by atoms with E-state index in [2.05, 4.69) is 15.4 Å². The molecule has 0 amide bonds. The van der Waals surface area contributed by atoms with Crippen LogP contribution in [0.4, 0.5) is 4.39 Å². The number of nitrogens with one attached hydrogen (secondary N) is 1. The molecule has 3 N–H and O–H groups in total. The molecule has 0 fully saturated rings. The Balaban J connectivity index is 2.37. The second-order valence-corrected chi connectivity index (χ2v) is 3.40. The van der Waals surface area contributed by atoms with Crippen LogP contribution in [0, 0.1) is 5.82 Å². The lowest BCUT2D eigenvalue weighted by Gasteiger charge is -2.14. The number of aromatic nitrogens is 3. The van der Waals surface area contributed by atoms with Crippen molar-refractivity contribution < 1.29 is 4.39 Å². The first-order chi connectivity index (χ1) is 7.72. The van der Waals surface area contributed by atoms with Gasteiger partial charge in [-0.15, -0.1) is 0 Å². The second kappa shape index (κ2) is 4.38. The predicted octanol–water partition coefficient (Wildman–Crippen LogP) is 0.507. The van der Waals surface area contributed by atoms with Crippen molar-refractivity contribution in [3.63, 3.8) is 0 Å². The fourth-order valence-electron chi connectivity index (χ4n) is 1.51. The molecule has 0 saturated heterocycles. The second-order valence-electron chi connectivity index (χ2n) is 3.40. The van der Waals surface area contributed by atoms with Crippen LogP contribution in [-0.4, -0.2) is 14.5 Å². The molecule has 84 valence electrons. The molecular formula is C10H12FN5. The molecule has 0 aromatic carbocycles. The Bertz CT molecular complexity index is 464. The highest BCUT2D eigenvalue weighted by Gasteiger charge is 2.17. The molecule has 1 atom stereocenters. The van der Waals surface area contributed by atoms with Gasteiger partial charge in [-0.1, -0.05) is 0 Å². The van der Waals surface area contributed by atoms with Gasteiger partial charge in [0.1, 0.15) is 17.7 Å². The summed E-state index contributed by atoms with van der Waals surface area (Å²) in [7, 11) is 1.86. The van der Waals surface area contributed by atoms with Crippen LogP contribution in [0.25, 0.3) is 0 Å². The maximum atomic E-state index is 12.7. The minimum Gasteiger partial charge on any atom is -0.336 e. The van der Waals surface area contributed by atoms with E-state index in [0.717, 1.165) is 12.0 Å². The van der Waals surface area contributed by atoms with Gasteiger partial charge >= 0.3 is 0 Å². The van der Waals surface area contributed by atoms with Crippen LogP contribution in [0.5, 0.6) is 0 Å². The Hall–Kier alpha value is -1.79. The van der Waals surface area contributed by atoms with Gasteiger partial charge in [-0.25, -0.2) is 14.8 Å². The molecule has 0 aliphatic heterocycles. The van der Waals surface area contributed by atoms with Crippen molar-refractivity contribution in [2.75, 3.05) is 0 Å². The average molecular weight is 221 g/mol. The zero-order chi connectivity index (χ0) is 11.5. The summed E-state index contributed by atoms with van der Waals surface area (Å²) >= 11 is 0. The fraction of sp³-hybridized carbons (Fsp3) is 0.200.